The number of aliphatic imine (C=N–C) groups is 2. The third kappa shape index (κ3) is 7.91. The van der Waals surface area contributed by atoms with Crippen LogP contribution in [0.25, 0.3) is 0 Å². The van der Waals surface area contributed by atoms with E-state index in [4.69, 9.17) is 17.2 Å². The molecule has 0 rings (SSSR count). The van der Waals surface area contributed by atoms with Gasteiger partial charge in [0.1, 0.15) is 6.61 Å². The Morgan fingerprint density at radius 2 is 1.85 bits per heavy atom. The molecule has 0 heterocycles. The molecule has 13 heavy (non-hydrogen) atoms. The van der Waals surface area contributed by atoms with E-state index in [0.717, 1.165) is 0 Å². The Bertz CT molecular complexity index is 231. The van der Waals surface area contributed by atoms with Crippen molar-refractivity contribution in [2.75, 3.05) is 13.2 Å². The zero-order valence-electron chi connectivity index (χ0n) is 6.93. The summed E-state index contributed by atoms with van der Waals surface area (Å²) in [7, 11) is 0. The maximum absolute atomic E-state index is 10.1. The number of nitrogens with two attached hydrogens (primary N) is 4. The van der Waals surface area contributed by atoms with Crippen LogP contribution >= 0.6 is 0 Å². The van der Waals surface area contributed by atoms with E-state index in [2.05, 4.69) is 20.5 Å². The third-order valence-corrected chi connectivity index (χ3v) is 0.853. The second-order valence-electron chi connectivity index (χ2n) is 1.94. The van der Waals surface area contributed by atoms with Gasteiger partial charge in [-0.2, -0.15) is 4.99 Å². The highest BCUT2D eigenvalue weighted by Crippen LogP contribution is 1.77. The van der Waals surface area contributed by atoms with E-state index in [9.17, 15) is 4.79 Å². The number of nitrogens with zero attached hydrogens (tertiary/aromatic N) is 2. The van der Waals surface area contributed by atoms with Gasteiger partial charge >= 0.3 is 6.09 Å². The van der Waals surface area contributed by atoms with Crippen LogP contribution in [0.4, 0.5) is 4.79 Å². The van der Waals surface area contributed by atoms with Crippen molar-refractivity contribution >= 4 is 18.0 Å². The van der Waals surface area contributed by atoms with Gasteiger partial charge in [0.25, 0.3) is 0 Å². The van der Waals surface area contributed by atoms with Gasteiger partial charge in [-0.3, -0.25) is 0 Å². The molecule has 0 aromatic rings. The highest BCUT2D eigenvalue weighted by molar-refractivity contribution is 5.92. The summed E-state index contributed by atoms with van der Waals surface area (Å²) in [6, 6.07) is 0. The molecule has 8 nitrogen and oxygen atoms in total. The third-order valence-electron chi connectivity index (χ3n) is 0.853. The minimum Gasteiger partial charge on any atom is -0.448 e. The lowest BCUT2D eigenvalue weighted by Gasteiger charge is -1.97. The van der Waals surface area contributed by atoms with E-state index >= 15 is 0 Å². The summed E-state index contributed by atoms with van der Waals surface area (Å²) in [5.41, 5.74) is 19.9. The van der Waals surface area contributed by atoms with Gasteiger partial charge in [0.2, 0.25) is 5.96 Å². The number of primary amides is 1. The zero-order valence-corrected chi connectivity index (χ0v) is 6.93. The molecule has 0 saturated carbocycles. The summed E-state index contributed by atoms with van der Waals surface area (Å²) in [5.74, 6) is -0.259. The number of guanidine groups is 2. The number of carbonyl (C=O) groups is 1. The molecule has 8 N–H and O–H groups in total. The molecule has 0 aliphatic rings. The second kappa shape index (κ2) is 5.63. The summed E-state index contributed by atoms with van der Waals surface area (Å²) >= 11 is 0. The molecule has 1 amide bonds. The zero-order chi connectivity index (χ0) is 10.3. The van der Waals surface area contributed by atoms with Gasteiger partial charge in [0.15, 0.2) is 5.96 Å². The van der Waals surface area contributed by atoms with Gasteiger partial charge < -0.3 is 27.7 Å². The molecule has 0 aliphatic heterocycles. The van der Waals surface area contributed by atoms with E-state index in [1.54, 1.807) is 0 Å². The summed E-state index contributed by atoms with van der Waals surface area (Å²) < 4.78 is 4.36. The van der Waals surface area contributed by atoms with E-state index < -0.39 is 6.09 Å². The first-order valence-electron chi connectivity index (χ1n) is 3.34. The Labute approximate surface area is 74.6 Å². The van der Waals surface area contributed by atoms with Crippen molar-refractivity contribution in [2.45, 2.75) is 0 Å². The van der Waals surface area contributed by atoms with Crippen LogP contribution in [0.5, 0.6) is 0 Å². The molecular weight excluding hydrogens is 176 g/mol. The maximum Gasteiger partial charge on any atom is 0.404 e. The standard InChI is InChI=1S/C5H12N6O2/c6-3(7)11-4(8)10-1-2-13-5(9)12/h1-2H2,(H2,9,12)(H6,6,7,8,10,11). The Morgan fingerprint density at radius 3 is 2.31 bits per heavy atom. The molecule has 0 aromatic carbocycles. The molecule has 0 saturated heterocycles. The molecule has 0 atom stereocenters. The molecule has 0 aromatic heterocycles. The Morgan fingerprint density at radius 1 is 1.23 bits per heavy atom. The van der Waals surface area contributed by atoms with Crippen molar-refractivity contribution in [3.63, 3.8) is 0 Å². The van der Waals surface area contributed by atoms with Crippen LogP contribution < -0.4 is 22.9 Å². The number of rotatable bonds is 3. The van der Waals surface area contributed by atoms with Crippen LogP contribution in [0.2, 0.25) is 0 Å². The van der Waals surface area contributed by atoms with Crippen LogP contribution in [0.1, 0.15) is 0 Å². The van der Waals surface area contributed by atoms with Crippen molar-refractivity contribution in [2.24, 2.45) is 32.9 Å². The van der Waals surface area contributed by atoms with E-state index in [1.807, 2.05) is 0 Å². The topological polar surface area (TPSA) is 155 Å². The fourth-order valence-electron chi connectivity index (χ4n) is 0.474. The summed E-state index contributed by atoms with van der Waals surface area (Å²) in [4.78, 5) is 17.1. The second-order valence-corrected chi connectivity index (χ2v) is 1.94. The van der Waals surface area contributed by atoms with Gasteiger partial charge in [-0.05, 0) is 0 Å². The van der Waals surface area contributed by atoms with Crippen molar-refractivity contribution < 1.29 is 9.53 Å². The smallest absolute Gasteiger partial charge is 0.404 e. The van der Waals surface area contributed by atoms with Gasteiger partial charge in [-0.15, -0.1) is 0 Å². The van der Waals surface area contributed by atoms with Crippen LogP contribution in [0.3, 0.4) is 0 Å². The van der Waals surface area contributed by atoms with Crippen molar-refractivity contribution in [1.82, 2.24) is 0 Å². The molecule has 0 fully saturated rings. The molecule has 0 aliphatic carbocycles. The average molecular weight is 188 g/mol. The SMILES string of the molecule is NC(=O)OCCN=C(N)N=C(N)N. The fraction of sp³-hybridized carbons (Fsp3) is 0.400. The van der Waals surface area contributed by atoms with Gasteiger partial charge in [0.05, 0.1) is 6.54 Å². The monoisotopic (exact) mass is 188 g/mol. The first kappa shape index (κ1) is 11.0. The number of ether oxygens (including phenoxy) is 1. The predicted molar refractivity (Wildman–Crippen MR) is 47.8 cm³/mol. The largest absolute Gasteiger partial charge is 0.448 e. The molecule has 0 spiro atoms. The lowest BCUT2D eigenvalue weighted by atomic mass is 10.7. The molecule has 8 heteroatoms. The van der Waals surface area contributed by atoms with Crippen LogP contribution in [-0.4, -0.2) is 31.2 Å². The predicted octanol–water partition coefficient (Wildman–Crippen LogP) is -2.33. The quantitative estimate of drug-likeness (QED) is 0.222. The van der Waals surface area contributed by atoms with Crippen molar-refractivity contribution in [3.05, 3.63) is 0 Å². The Balaban J connectivity index is 3.72. The average Bonchev–Trinajstić information content (AvgIpc) is 1.96. The molecule has 74 valence electrons. The minimum absolute atomic E-state index is 0.0377. The van der Waals surface area contributed by atoms with Crippen LogP contribution in [-0.2, 0) is 4.74 Å². The highest BCUT2D eigenvalue weighted by atomic mass is 16.5. The normalized spacial score (nSPS) is 10.6. The first-order valence-corrected chi connectivity index (χ1v) is 3.34. The van der Waals surface area contributed by atoms with Crippen molar-refractivity contribution in [1.29, 1.82) is 0 Å². The number of amides is 1. The van der Waals surface area contributed by atoms with Gasteiger partial charge in [-0.25, -0.2) is 9.79 Å². The Kier molecular flexibility index (Phi) is 4.77. The van der Waals surface area contributed by atoms with E-state index in [-0.39, 0.29) is 25.1 Å². The Hall–Kier alpha value is -1.99. The fourth-order valence-corrected chi connectivity index (χ4v) is 0.474. The number of hydrogen-bond donors (Lipinski definition) is 4. The van der Waals surface area contributed by atoms with E-state index in [0.29, 0.717) is 0 Å². The lowest BCUT2D eigenvalue weighted by molar-refractivity contribution is 0.160. The van der Waals surface area contributed by atoms with E-state index in [1.165, 1.54) is 0 Å². The minimum atomic E-state index is -0.865. The molecule has 0 radical (unpaired) electrons. The number of carbonyl (C=O) groups excluding carboxylic acids is 1. The van der Waals surface area contributed by atoms with Crippen molar-refractivity contribution in [3.8, 4) is 0 Å². The summed E-state index contributed by atoms with van der Waals surface area (Å²) in [5, 5.41) is 0. The van der Waals surface area contributed by atoms with Gasteiger partial charge in [0, 0.05) is 0 Å². The summed E-state index contributed by atoms with van der Waals surface area (Å²) in [6.07, 6.45) is -0.865. The van der Waals surface area contributed by atoms with Gasteiger partial charge in [-0.1, -0.05) is 0 Å². The summed E-state index contributed by atoms with van der Waals surface area (Å²) in [6.45, 7) is 0.196. The number of hydrogen-bond acceptors (Lipinski definition) is 3. The van der Waals surface area contributed by atoms with Crippen LogP contribution in [0.15, 0.2) is 9.98 Å². The molecular formula is C5H12N6O2. The molecule has 0 unspecified atom stereocenters. The van der Waals surface area contributed by atoms with Crippen LogP contribution in [0, 0.1) is 0 Å². The first-order chi connectivity index (χ1) is 6.02. The molecule has 0 bridgehead atoms. The maximum atomic E-state index is 10.1. The lowest BCUT2D eigenvalue weighted by Crippen LogP contribution is -2.26. The highest BCUT2D eigenvalue weighted by Gasteiger charge is 1.92.